The fourth-order valence-electron chi connectivity index (χ4n) is 1.48. The molecule has 3 nitrogen and oxygen atoms in total. The van der Waals surface area contributed by atoms with Gasteiger partial charge in [-0.1, -0.05) is 6.07 Å². The molecule has 3 heteroatoms. The highest BCUT2D eigenvalue weighted by Gasteiger charge is 2.07. The molecule has 76 valence electrons. The van der Waals surface area contributed by atoms with Crippen LogP contribution in [0.5, 0.6) is 5.75 Å². The van der Waals surface area contributed by atoms with Gasteiger partial charge < -0.3 is 4.74 Å². The molecule has 0 saturated heterocycles. The van der Waals surface area contributed by atoms with E-state index < -0.39 is 0 Å². The second-order valence-electron chi connectivity index (χ2n) is 3.50. The molecular weight excluding hydrogens is 176 g/mol. The normalized spacial score (nSPS) is 9.93. The van der Waals surface area contributed by atoms with Gasteiger partial charge in [-0.2, -0.15) is 0 Å². The molecule has 0 heterocycles. The molecule has 0 bridgehead atoms. The first kappa shape index (κ1) is 10.6. The zero-order chi connectivity index (χ0) is 10.7. The van der Waals surface area contributed by atoms with Crippen LogP contribution in [-0.2, 0) is 6.42 Å². The molecule has 0 unspecified atom stereocenters. The zero-order valence-corrected chi connectivity index (χ0v) is 8.92. The fraction of sp³-hybridized carbons (Fsp3) is 0.364. The summed E-state index contributed by atoms with van der Waals surface area (Å²) in [5.74, 6) is 1.35. The van der Waals surface area contributed by atoms with Crippen LogP contribution >= 0.6 is 0 Å². The molecular formula is C11H17N2O+. The predicted molar refractivity (Wildman–Crippen MR) is 57.3 cm³/mol. The minimum Gasteiger partial charge on any atom is -0.496 e. The number of hydrogen-bond donors (Lipinski definition) is 2. The number of aryl methyl sites for hydroxylation is 2. The molecule has 0 atom stereocenters. The first-order valence-electron chi connectivity index (χ1n) is 4.55. The van der Waals surface area contributed by atoms with Crippen molar-refractivity contribution in [3.63, 3.8) is 0 Å². The van der Waals surface area contributed by atoms with E-state index in [-0.39, 0.29) is 0 Å². The second kappa shape index (κ2) is 4.13. The molecule has 0 aliphatic carbocycles. The van der Waals surface area contributed by atoms with Crippen molar-refractivity contribution in [2.45, 2.75) is 20.3 Å². The van der Waals surface area contributed by atoms with E-state index in [4.69, 9.17) is 15.9 Å². The highest BCUT2D eigenvalue weighted by atomic mass is 16.5. The maximum atomic E-state index is 5.48. The quantitative estimate of drug-likeness (QED) is 0.523. The third-order valence-electron chi connectivity index (χ3n) is 2.25. The Labute approximate surface area is 84.4 Å². The number of methoxy groups -OCH3 is 1. The van der Waals surface area contributed by atoms with Gasteiger partial charge in [0.15, 0.2) is 0 Å². The van der Waals surface area contributed by atoms with E-state index in [0.29, 0.717) is 12.3 Å². The van der Waals surface area contributed by atoms with Gasteiger partial charge in [0.25, 0.3) is 0 Å². The minimum absolute atomic E-state index is 0.442. The number of benzene rings is 1. The lowest BCUT2D eigenvalue weighted by Gasteiger charge is -2.09. The average molecular weight is 193 g/mol. The van der Waals surface area contributed by atoms with E-state index in [0.717, 1.165) is 22.4 Å². The molecule has 0 saturated carbocycles. The molecule has 0 radical (unpaired) electrons. The van der Waals surface area contributed by atoms with Crippen LogP contribution in [0.3, 0.4) is 0 Å². The summed E-state index contributed by atoms with van der Waals surface area (Å²) in [6.45, 7) is 4.04. The van der Waals surface area contributed by atoms with Crippen LogP contribution in [0.15, 0.2) is 12.1 Å². The Morgan fingerprint density at radius 3 is 2.50 bits per heavy atom. The Hall–Kier alpha value is -1.51. The maximum absolute atomic E-state index is 5.48. The summed E-state index contributed by atoms with van der Waals surface area (Å²) in [6, 6.07) is 4.07. The first-order chi connectivity index (χ1) is 6.54. The van der Waals surface area contributed by atoms with Crippen molar-refractivity contribution >= 4 is 5.84 Å². The Kier molecular flexibility index (Phi) is 3.12. The topological polar surface area (TPSA) is 60.8 Å². The Balaban J connectivity index is 3.08. The fourth-order valence-corrected chi connectivity index (χ4v) is 1.48. The lowest BCUT2D eigenvalue weighted by atomic mass is 10.0. The number of amidine groups is 1. The number of rotatable bonds is 3. The van der Waals surface area contributed by atoms with E-state index >= 15 is 0 Å². The average Bonchev–Trinajstić information content (AvgIpc) is 2.10. The van der Waals surface area contributed by atoms with E-state index in [1.807, 2.05) is 19.9 Å². The third-order valence-corrected chi connectivity index (χ3v) is 2.25. The van der Waals surface area contributed by atoms with Gasteiger partial charge in [-0.25, -0.2) is 0 Å². The summed E-state index contributed by atoms with van der Waals surface area (Å²) < 4.78 is 5.22. The van der Waals surface area contributed by atoms with Crippen LogP contribution in [-0.4, -0.2) is 12.9 Å². The van der Waals surface area contributed by atoms with Gasteiger partial charge in [-0.05, 0) is 36.6 Å². The highest BCUT2D eigenvalue weighted by Crippen LogP contribution is 2.22. The lowest BCUT2D eigenvalue weighted by molar-refractivity contribution is -0.117. The van der Waals surface area contributed by atoms with E-state index in [1.54, 1.807) is 7.11 Å². The van der Waals surface area contributed by atoms with E-state index in [1.165, 1.54) is 0 Å². The van der Waals surface area contributed by atoms with Crippen molar-refractivity contribution in [3.8, 4) is 5.75 Å². The Morgan fingerprint density at radius 2 is 2.00 bits per heavy atom. The summed E-state index contributed by atoms with van der Waals surface area (Å²) in [5, 5.41) is 5.48. The van der Waals surface area contributed by atoms with Crippen molar-refractivity contribution in [1.29, 1.82) is 0 Å². The Bertz CT molecular complexity index is 359. The molecule has 14 heavy (non-hydrogen) atoms. The number of hydrogen-bond acceptors (Lipinski definition) is 1. The Morgan fingerprint density at radius 1 is 1.36 bits per heavy atom. The molecule has 4 N–H and O–H groups in total. The predicted octanol–water partition coefficient (Wildman–Crippen LogP) is -0.0292. The molecule has 0 aliphatic rings. The smallest absolute Gasteiger partial charge is 0.242 e. The van der Waals surface area contributed by atoms with E-state index in [9.17, 15) is 0 Å². The molecule has 0 amide bonds. The largest absolute Gasteiger partial charge is 0.496 e. The monoisotopic (exact) mass is 193 g/mol. The van der Waals surface area contributed by atoms with Gasteiger partial charge >= 0.3 is 0 Å². The van der Waals surface area contributed by atoms with Crippen molar-refractivity contribution in [2.24, 2.45) is 5.73 Å². The minimum atomic E-state index is 0.442. The third kappa shape index (κ3) is 2.25. The summed E-state index contributed by atoms with van der Waals surface area (Å²) >= 11 is 0. The lowest BCUT2D eigenvalue weighted by Crippen LogP contribution is -2.46. The van der Waals surface area contributed by atoms with Gasteiger partial charge in [-0.15, -0.1) is 0 Å². The van der Waals surface area contributed by atoms with Crippen LogP contribution in [0.25, 0.3) is 0 Å². The summed E-state index contributed by atoms with van der Waals surface area (Å²) in [7, 11) is 1.67. The van der Waals surface area contributed by atoms with Crippen molar-refractivity contribution < 1.29 is 10.1 Å². The molecule has 0 aromatic heterocycles. The van der Waals surface area contributed by atoms with Crippen molar-refractivity contribution in [3.05, 3.63) is 28.8 Å². The summed E-state index contributed by atoms with van der Waals surface area (Å²) in [4.78, 5) is 0. The number of ether oxygens (including phenoxy) is 1. The van der Waals surface area contributed by atoms with Crippen LogP contribution in [0.1, 0.15) is 16.7 Å². The van der Waals surface area contributed by atoms with Gasteiger partial charge in [0.1, 0.15) is 5.75 Å². The zero-order valence-electron chi connectivity index (χ0n) is 8.92. The van der Waals surface area contributed by atoms with Crippen LogP contribution in [0.4, 0.5) is 0 Å². The van der Waals surface area contributed by atoms with Gasteiger partial charge in [0.05, 0.1) is 13.5 Å². The number of nitrogens with two attached hydrogens (primary N) is 2. The molecule has 0 spiro atoms. The molecule has 1 aromatic rings. The first-order valence-corrected chi connectivity index (χ1v) is 4.55. The molecule has 1 rings (SSSR count). The van der Waals surface area contributed by atoms with Crippen LogP contribution in [0.2, 0.25) is 0 Å². The van der Waals surface area contributed by atoms with Crippen molar-refractivity contribution in [1.82, 2.24) is 0 Å². The standard InChI is InChI=1S/C11H16N2O/c1-7-5-10(14-3)8(2)4-9(7)6-11(12)13/h4-5H,6H2,1-3H3,(H3,12,13)/p+1. The van der Waals surface area contributed by atoms with Crippen molar-refractivity contribution in [2.75, 3.05) is 7.11 Å². The summed E-state index contributed by atoms with van der Waals surface area (Å²) in [6.07, 6.45) is 0.622. The molecule has 1 aromatic carbocycles. The molecule has 0 aliphatic heterocycles. The summed E-state index contributed by atoms with van der Waals surface area (Å²) in [5.41, 5.74) is 8.89. The second-order valence-corrected chi connectivity index (χ2v) is 3.50. The van der Waals surface area contributed by atoms with E-state index in [2.05, 4.69) is 6.07 Å². The SMILES string of the molecule is COc1cc(C)c(CC(N)=[NH2+])cc1C. The molecule has 0 fully saturated rings. The van der Waals surface area contributed by atoms with Gasteiger partial charge in [0.2, 0.25) is 5.84 Å². The van der Waals surface area contributed by atoms with Gasteiger partial charge in [0, 0.05) is 0 Å². The van der Waals surface area contributed by atoms with Gasteiger partial charge in [-0.3, -0.25) is 11.1 Å². The maximum Gasteiger partial charge on any atom is 0.242 e. The highest BCUT2D eigenvalue weighted by molar-refractivity contribution is 5.77. The van der Waals surface area contributed by atoms with Crippen LogP contribution in [0, 0.1) is 13.8 Å². The van der Waals surface area contributed by atoms with Crippen LogP contribution < -0.4 is 15.9 Å².